The van der Waals surface area contributed by atoms with Gasteiger partial charge in [-0.25, -0.2) is 0 Å². The van der Waals surface area contributed by atoms with E-state index in [-0.39, 0.29) is 11.8 Å². The highest BCUT2D eigenvalue weighted by atomic mass is 16.1. The molecule has 2 unspecified atom stereocenters. The number of benzene rings is 1. The van der Waals surface area contributed by atoms with Gasteiger partial charge in [0.25, 0.3) is 0 Å². The third kappa shape index (κ3) is 3.53. The summed E-state index contributed by atoms with van der Waals surface area (Å²) in [4.78, 5) is 17.5. The third-order valence-corrected chi connectivity index (χ3v) is 5.00. The SMILES string of the molecule is CCC1CN(C(C)C(=O)c2ccc(C)c(C)c2)CCN1C. The number of ketones is 1. The maximum absolute atomic E-state index is 12.7. The second-order valence-electron chi connectivity index (χ2n) is 6.38. The molecule has 1 aliphatic rings. The Labute approximate surface area is 128 Å². The summed E-state index contributed by atoms with van der Waals surface area (Å²) in [7, 11) is 2.18. The Balaban J connectivity index is 2.10. The molecule has 0 bridgehead atoms. The molecule has 1 aromatic rings. The van der Waals surface area contributed by atoms with Crippen LogP contribution in [0, 0.1) is 13.8 Å². The molecule has 0 spiro atoms. The van der Waals surface area contributed by atoms with Crippen molar-refractivity contribution in [3.05, 3.63) is 34.9 Å². The molecule has 1 saturated heterocycles. The standard InChI is InChI=1S/C18H28N2O/c1-6-17-12-20(10-9-19(17)5)15(4)18(21)16-8-7-13(2)14(3)11-16/h7-8,11,15,17H,6,9-10,12H2,1-5H3. The van der Waals surface area contributed by atoms with Crippen molar-refractivity contribution >= 4 is 5.78 Å². The summed E-state index contributed by atoms with van der Waals surface area (Å²) >= 11 is 0. The van der Waals surface area contributed by atoms with Crippen molar-refractivity contribution in [3.8, 4) is 0 Å². The van der Waals surface area contributed by atoms with Crippen LogP contribution in [0.15, 0.2) is 18.2 Å². The second-order valence-corrected chi connectivity index (χ2v) is 6.38. The van der Waals surface area contributed by atoms with Gasteiger partial charge in [0, 0.05) is 31.2 Å². The van der Waals surface area contributed by atoms with E-state index in [0.29, 0.717) is 6.04 Å². The first-order valence-corrected chi connectivity index (χ1v) is 7.99. The Morgan fingerprint density at radius 1 is 1.29 bits per heavy atom. The number of likely N-dealkylation sites (N-methyl/N-ethyl adjacent to an activating group) is 1. The van der Waals surface area contributed by atoms with Crippen molar-refractivity contribution in [2.45, 2.75) is 46.2 Å². The van der Waals surface area contributed by atoms with E-state index in [0.717, 1.165) is 31.6 Å². The summed E-state index contributed by atoms with van der Waals surface area (Å²) in [5.41, 5.74) is 3.28. The molecular weight excluding hydrogens is 260 g/mol. The van der Waals surface area contributed by atoms with Gasteiger partial charge in [0.1, 0.15) is 0 Å². The zero-order valence-corrected chi connectivity index (χ0v) is 14.0. The van der Waals surface area contributed by atoms with Crippen LogP contribution >= 0.6 is 0 Å². The fourth-order valence-corrected chi connectivity index (χ4v) is 3.06. The maximum atomic E-state index is 12.7. The minimum Gasteiger partial charge on any atom is -0.301 e. The molecule has 1 aliphatic heterocycles. The molecule has 0 saturated carbocycles. The molecule has 2 atom stereocenters. The molecule has 1 heterocycles. The molecule has 0 aromatic heterocycles. The van der Waals surface area contributed by atoms with Crippen molar-refractivity contribution < 1.29 is 4.79 Å². The lowest BCUT2D eigenvalue weighted by molar-refractivity contribution is 0.0553. The van der Waals surface area contributed by atoms with Crippen LogP contribution in [-0.2, 0) is 0 Å². The average molecular weight is 288 g/mol. The molecular formula is C18H28N2O. The van der Waals surface area contributed by atoms with Crippen LogP contribution in [0.4, 0.5) is 0 Å². The predicted octanol–water partition coefficient (Wildman–Crippen LogP) is 2.90. The average Bonchev–Trinajstić information content (AvgIpc) is 2.49. The topological polar surface area (TPSA) is 23.6 Å². The third-order valence-electron chi connectivity index (χ3n) is 5.00. The Kier molecular flexibility index (Phi) is 5.17. The minimum absolute atomic E-state index is 0.0325. The summed E-state index contributed by atoms with van der Waals surface area (Å²) < 4.78 is 0. The number of nitrogens with zero attached hydrogens (tertiary/aromatic N) is 2. The van der Waals surface area contributed by atoms with Gasteiger partial charge in [-0.05, 0) is 51.4 Å². The van der Waals surface area contributed by atoms with Gasteiger partial charge >= 0.3 is 0 Å². The van der Waals surface area contributed by atoms with E-state index in [1.54, 1.807) is 0 Å². The Morgan fingerprint density at radius 2 is 2.00 bits per heavy atom. The number of carbonyl (C=O) groups excluding carboxylic acids is 1. The molecule has 1 aromatic carbocycles. The van der Waals surface area contributed by atoms with Gasteiger partial charge in [0.2, 0.25) is 0 Å². The molecule has 3 nitrogen and oxygen atoms in total. The number of Topliss-reactive ketones (excluding diaryl/α,β-unsaturated/α-hetero) is 1. The van der Waals surface area contributed by atoms with Crippen LogP contribution in [0.25, 0.3) is 0 Å². The molecule has 3 heteroatoms. The number of hydrogen-bond acceptors (Lipinski definition) is 3. The van der Waals surface area contributed by atoms with Crippen LogP contribution < -0.4 is 0 Å². The molecule has 21 heavy (non-hydrogen) atoms. The largest absolute Gasteiger partial charge is 0.301 e. The first kappa shape index (κ1) is 16.2. The number of aryl methyl sites for hydroxylation is 2. The van der Waals surface area contributed by atoms with Gasteiger partial charge in [0.05, 0.1) is 6.04 Å². The van der Waals surface area contributed by atoms with E-state index >= 15 is 0 Å². The van der Waals surface area contributed by atoms with Crippen LogP contribution in [-0.4, -0.2) is 54.3 Å². The van der Waals surface area contributed by atoms with Crippen LogP contribution in [0.2, 0.25) is 0 Å². The van der Waals surface area contributed by atoms with Crippen molar-refractivity contribution in [2.24, 2.45) is 0 Å². The fraction of sp³-hybridized carbons (Fsp3) is 0.611. The van der Waals surface area contributed by atoms with E-state index in [1.807, 2.05) is 18.2 Å². The summed E-state index contributed by atoms with van der Waals surface area (Å²) in [6.45, 7) is 11.4. The quantitative estimate of drug-likeness (QED) is 0.796. The van der Waals surface area contributed by atoms with Crippen molar-refractivity contribution in [2.75, 3.05) is 26.7 Å². The Hall–Kier alpha value is -1.19. The van der Waals surface area contributed by atoms with Gasteiger partial charge in [0.15, 0.2) is 5.78 Å². The zero-order chi connectivity index (χ0) is 15.6. The minimum atomic E-state index is -0.0325. The highest BCUT2D eigenvalue weighted by Crippen LogP contribution is 2.18. The van der Waals surface area contributed by atoms with Crippen LogP contribution in [0.1, 0.15) is 41.8 Å². The maximum Gasteiger partial charge on any atom is 0.179 e. The molecule has 1 fully saturated rings. The molecule has 0 amide bonds. The monoisotopic (exact) mass is 288 g/mol. The van der Waals surface area contributed by atoms with Gasteiger partial charge in [-0.3, -0.25) is 9.69 Å². The summed E-state index contributed by atoms with van der Waals surface area (Å²) in [5.74, 6) is 0.248. The lowest BCUT2D eigenvalue weighted by Crippen LogP contribution is -2.55. The van der Waals surface area contributed by atoms with Gasteiger partial charge in [-0.15, -0.1) is 0 Å². The summed E-state index contributed by atoms with van der Waals surface area (Å²) in [6, 6.07) is 6.58. The summed E-state index contributed by atoms with van der Waals surface area (Å²) in [5, 5.41) is 0. The van der Waals surface area contributed by atoms with E-state index < -0.39 is 0 Å². The predicted molar refractivity (Wildman–Crippen MR) is 88.0 cm³/mol. The first-order valence-electron chi connectivity index (χ1n) is 7.99. The number of carbonyl (C=O) groups is 1. The van der Waals surface area contributed by atoms with E-state index in [4.69, 9.17) is 0 Å². The molecule has 0 radical (unpaired) electrons. The number of piperazine rings is 1. The second kappa shape index (κ2) is 6.71. The van der Waals surface area contributed by atoms with E-state index in [2.05, 4.69) is 44.5 Å². The van der Waals surface area contributed by atoms with Gasteiger partial charge < -0.3 is 4.90 Å². The van der Waals surface area contributed by atoms with E-state index in [1.165, 1.54) is 11.1 Å². The Bertz CT molecular complexity index is 512. The van der Waals surface area contributed by atoms with Gasteiger partial charge in [-0.1, -0.05) is 19.1 Å². The highest BCUT2D eigenvalue weighted by Gasteiger charge is 2.29. The van der Waals surface area contributed by atoms with Crippen molar-refractivity contribution in [1.29, 1.82) is 0 Å². The van der Waals surface area contributed by atoms with Crippen molar-refractivity contribution in [3.63, 3.8) is 0 Å². The van der Waals surface area contributed by atoms with Crippen LogP contribution in [0.5, 0.6) is 0 Å². The lowest BCUT2D eigenvalue weighted by atomic mass is 9.98. The highest BCUT2D eigenvalue weighted by molar-refractivity contribution is 6.00. The normalized spacial score (nSPS) is 22.2. The van der Waals surface area contributed by atoms with Gasteiger partial charge in [-0.2, -0.15) is 0 Å². The fourth-order valence-electron chi connectivity index (χ4n) is 3.06. The molecule has 0 N–H and O–H groups in total. The molecule has 116 valence electrons. The first-order chi connectivity index (χ1) is 9.93. The smallest absolute Gasteiger partial charge is 0.179 e. The Morgan fingerprint density at radius 3 is 2.62 bits per heavy atom. The zero-order valence-electron chi connectivity index (χ0n) is 14.0. The van der Waals surface area contributed by atoms with Crippen LogP contribution in [0.3, 0.4) is 0 Å². The number of rotatable bonds is 4. The molecule has 0 aliphatic carbocycles. The summed E-state index contributed by atoms with van der Waals surface area (Å²) in [6.07, 6.45) is 1.14. The van der Waals surface area contributed by atoms with E-state index in [9.17, 15) is 4.79 Å². The molecule has 2 rings (SSSR count). The van der Waals surface area contributed by atoms with Crippen molar-refractivity contribution in [1.82, 2.24) is 9.80 Å². The lowest BCUT2D eigenvalue weighted by Gasteiger charge is -2.41. The number of hydrogen-bond donors (Lipinski definition) is 0.